The van der Waals surface area contributed by atoms with Gasteiger partial charge in [-0.15, -0.1) is 0 Å². The van der Waals surface area contributed by atoms with Crippen LogP contribution in [0.5, 0.6) is 0 Å². The van der Waals surface area contributed by atoms with Crippen LogP contribution >= 0.6 is 0 Å². The molecule has 0 radical (unpaired) electrons. The molecule has 0 bridgehead atoms. The van der Waals surface area contributed by atoms with Crippen LogP contribution in [0.25, 0.3) is 0 Å². The van der Waals surface area contributed by atoms with Crippen molar-refractivity contribution in [3.8, 4) is 0 Å². The SMILES string of the molecule is CCCCCCCCCCCCCCC(=O)OC[C@@H](COC(=O)CCCCCCCCCCCCC(C)C)OC(=O)CCCCCCCCCCCCC(C)C. The molecule has 0 amide bonds. The summed E-state index contributed by atoms with van der Waals surface area (Å²) in [6.07, 6.45) is 42.3. The largest absolute Gasteiger partial charge is 0.462 e. The third kappa shape index (κ3) is 43.5. The van der Waals surface area contributed by atoms with Crippen molar-refractivity contribution >= 4 is 17.9 Å². The van der Waals surface area contributed by atoms with E-state index in [1.807, 2.05) is 0 Å². The first-order valence-corrected chi connectivity index (χ1v) is 24.7. The Balaban J connectivity index is 4.33. The van der Waals surface area contributed by atoms with Gasteiger partial charge in [-0.25, -0.2) is 0 Å². The molecule has 0 spiro atoms. The first kappa shape index (κ1) is 54.4. The van der Waals surface area contributed by atoms with E-state index in [0.29, 0.717) is 19.3 Å². The van der Waals surface area contributed by atoms with E-state index in [1.54, 1.807) is 0 Å². The average molecular weight is 793 g/mol. The molecule has 1 atom stereocenters. The minimum absolute atomic E-state index is 0.0642. The molecule has 0 rings (SSSR count). The van der Waals surface area contributed by atoms with Crippen molar-refractivity contribution in [1.29, 1.82) is 0 Å². The highest BCUT2D eigenvalue weighted by Gasteiger charge is 2.19. The summed E-state index contributed by atoms with van der Waals surface area (Å²) in [5.74, 6) is 0.783. The molecule has 6 heteroatoms. The molecule has 0 aromatic heterocycles. The molecule has 0 heterocycles. The van der Waals surface area contributed by atoms with E-state index in [-0.39, 0.29) is 31.1 Å². The molecule has 0 aliphatic carbocycles. The summed E-state index contributed by atoms with van der Waals surface area (Å²) in [5.41, 5.74) is 0. The Morgan fingerprint density at radius 1 is 0.339 bits per heavy atom. The quantitative estimate of drug-likeness (QED) is 0.0347. The number of rotatable bonds is 44. The smallest absolute Gasteiger partial charge is 0.306 e. The Morgan fingerprint density at radius 3 is 0.875 bits per heavy atom. The van der Waals surface area contributed by atoms with Crippen molar-refractivity contribution in [2.75, 3.05) is 13.2 Å². The van der Waals surface area contributed by atoms with Crippen LogP contribution in [-0.4, -0.2) is 37.2 Å². The van der Waals surface area contributed by atoms with Crippen molar-refractivity contribution in [1.82, 2.24) is 0 Å². The Morgan fingerprint density at radius 2 is 0.589 bits per heavy atom. The van der Waals surface area contributed by atoms with E-state index in [1.165, 1.54) is 161 Å². The Bertz CT molecular complexity index is 854. The molecule has 0 fully saturated rings. The molecular weight excluding hydrogens is 697 g/mol. The van der Waals surface area contributed by atoms with Crippen molar-refractivity contribution in [2.45, 2.75) is 278 Å². The van der Waals surface area contributed by atoms with Crippen LogP contribution < -0.4 is 0 Å². The van der Waals surface area contributed by atoms with Gasteiger partial charge in [0.05, 0.1) is 0 Å². The van der Waals surface area contributed by atoms with E-state index in [9.17, 15) is 14.4 Å². The van der Waals surface area contributed by atoms with Crippen LogP contribution in [0, 0.1) is 11.8 Å². The van der Waals surface area contributed by atoms with Crippen molar-refractivity contribution in [3.63, 3.8) is 0 Å². The van der Waals surface area contributed by atoms with Gasteiger partial charge in [0.1, 0.15) is 13.2 Å². The van der Waals surface area contributed by atoms with Crippen LogP contribution in [0.3, 0.4) is 0 Å². The van der Waals surface area contributed by atoms with Gasteiger partial charge in [-0.3, -0.25) is 14.4 Å². The Hall–Kier alpha value is -1.59. The molecule has 0 aliphatic heterocycles. The molecule has 0 saturated carbocycles. The summed E-state index contributed by atoms with van der Waals surface area (Å²) in [5, 5.41) is 0. The van der Waals surface area contributed by atoms with Crippen LogP contribution in [0.2, 0.25) is 0 Å². The summed E-state index contributed by atoms with van der Waals surface area (Å²) in [6.45, 7) is 11.3. The molecule has 0 aromatic rings. The minimum Gasteiger partial charge on any atom is -0.462 e. The fourth-order valence-electron chi connectivity index (χ4n) is 7.46. The normalized spacial score (nSPS) is 12.1. The average Bonchev–Trinajstić information content (AvgIpc) is 3.16. The summed E-state index contributed by atoms with van der Waals surface area (Å²) >= 11 is 0. The van der Waals surface area contributed by atoms with E-state index in [0.717, 1.165) is 69.6 Å². The monoisotopic (exact) mass is 793 g/mol. The van der Waals surface area contributed by atoms with Crippen molar-refractivity contribution in [3.05, 3.63) is 0 Å². The van der Waals surface area contributed by atoms with Gasteiger partial charge in [0, 0.05) is 19.3 Å². The third-order valence-electron chi connectivity index (χ3n) is 11.2. The van der Waals surface area contributed by atoms with Gasteiger partial charge in [0.2, 0.25) is 0 Å². The molecule has 0 N–H and O–H groups in total. The number of hydrogen-bond donors (Lipinski definition) is 0. The molecular formula is C50H96O6. The van der Waals surface area contributed by atoms with Gasteiger partial charge in [-0.2, -0.15) is 0 Å². The van der Waals surface area contributed by atoms with E-state index in [2.05, 4.69) is 34.6 Å². The summed E-state index contributed by atoms with van der Waals surface area (Å²) in [6, 6.07) is 0. The van der Waals surface area contributed by atoms with Crippen molar-refractivity contribution < 1.29 is 28.6 Å². The number of ether oxygens (including phenoxy) is 3. The first-order chi connectivity index (χ1) is 27.2. The van der Waals surface area contributed by atoms with Gasteiger partial charge in [0.25, 0.3) is 0 Å². The second-order valence-corrected chi connectivity index (χ2v) is 18.1. The van der Waals surface area contributed by atoms with Gasteiger partial charge in [-0.1, -0.05) is 234 Å². The molecule has 0 saturated heterocycles. The van der Waals surface area contributed by atoms with Crippen LogP contribution in [0.4, 0.5) is 0 Å². The lowest BCUT2D eigenvalue weighted by molar-refractivity contribution is -0.167. The van der Waals surface area contributed by atoms with Crippen LogP contribution in [0.15, 0.2) is 0 Å². The molecule has 332 valence electrons. The van der Waals surface area contributed by atoms with Crippen LogP contribution in [0.1, 0.15) is 272 Å². The number of carbonyl (C=O) groups excluding carboxylic acids is 3. The number of unbranched alkanes of at least 4 members (excludes halogenated alkanes) is 29. The van der Waals surface area contributed by atoms with E-state index in [4.69, 9.17) is 14.2 Å². The van der Waals surface area contributed by atoms with Gasteiger partial charge in [-0.05, 0) is 31.1 Å². The fourth-order valence-corrected chi connectivity index (χ4v) is 7.46. The number of esters is 3. The Labute approximate surface area is 348 Å². The maximum atomic E-state index is 12.7. The molecule has 0 aliphatic rings. The maximum absolute atomic E-state index is 12.7. The minimum atomic E-state index is -0.761. The van der Waals surface area contributed by atoms with Gasteiger partial charge < -0.3 is 14.2 Å². The standard InChI is InChI=1S/C50H96O6/c1-6-7-8-9-10-11-12-13-20-25-30-35-40-48(51)54-43-47(56-50(53)42-37-32-27-22-17-15-19-24-29-34-39-46(4)5)44-55-49(52)41-36-31-26-21-16-14-18-23-28-33-38-45(2)3/h45-47H,6-44H2,1-5H3/t47-/m0/s1. The topological polar surface area (TPSA) is 78.9 Å². The molecule has 0 unspecified atom stereocenters. The molecule has 6 nitrogen and oxygen atoms in total. The highest BCUT2D eigenvalue weighted by atomic mass is 16.6. The zero-order chi connectivity index (χ0) is 41.2. The number of carbonyl (C=O) groups is 3. The van der Waals surface area contributed by atoms with Crippen LogP contribution in [-0.2, 0) is 28.6 Å². The zero-order valence-corrected chi connectivity index (χ0v) is 38.3. The summed E-state index contributed by atoms with van der Waals surface area (Å²) < 4.78 is 16.8. The Kier molecular flexibility index (Phi) is 41.8. The summed E-state index contributed by atoms with van der Waals surface area (Å²) in [7, 11) is 0. The highest BCUT2D eigenvalue weighted by molar-refractivity contribution is 5.71. The lowest BCUT2D eigenvalue weighted by Gasteiger charge is -2.18. The maximum Gasteiger partial charge on any atom is 0.306 e. The predicted octanol–water partition coefficient (Wildman–Crippen LogP) is 15.8. The molecule has 56 heavy (non-hydrogen) atoms. The lowest BCUT2D eigenvalue weighted by Crippen LogP contribution is -2.30. The highest BCUT2D eigenvalue weighted by Crippen LogP contribution is 2.17. The fraction of sp³-hybridized carbons (Fsp3) is 0.940. The second kappa shape index (κ2) is 43.0. The third-order valence-corrected chi connectivity index (χ3v) is 11.2. The molecule has 0 aromatic carbocycles. The summed E-state index contributed by atoms with van der Waals surface area (Å²) in [4.78, 5) is 37.8. The van der Waals surface area contributed by atoms with Gasteiger partial charge >= 0.3 is 17.9 Å². The van der Waals surface area contributed by atoms with Gasteiger partial charge in [0.15, 0.2) is 6.10 Å². The first-order valence-electron chi connectivity index (χ1n) is 24.7. The predicted molar refractivity (Wildman–Crippen MR) is 238 cm³/mol. The zero-order valence-electron chi connectivity index (χ0n) is 38.3. The van der Waals surface area contributed by atoms with E-state index < -0.39 is 6.10 Å². The lowest BCUT2D eigenvalue weighted by atomic mass is 10.0. The number of hydrogen-bond acceptors (Lipinski definition) is 6. The second-order valence-electron chi connectivity index (χ2n) is 18.1. The van der Waals surface area contributed by atoms with Crippen molar-refractivity contribution in [2.24, 2.45) is 11.8 Å². The van der Waals surface area contributed by atoms with E-state index >= 15 is 0 Å².